The minimum absolute atomic E-state index is 0.132. The second-order valence-corrected chi connectivity index (χ2v) is 5.71. The molecule has 0 amide bonds. The first kappa shape index (κ1) is 14.5. The molecule has 1 aromatic carbocycles. The Hall–Kier alpha value is -0.900. The predicted molar refractivity (Wildman–Crippen MR) is 71.5 cm³/mol. The van der Waals surface area contributed by atoms with Crippen LogP contribution in [-0.2, 0) is 6.18 Å². The molecule has 2 unspecified atom stereocenters. The summed E-state index contributed by atoms with van der Waals surface area (Å²) >= 11 is 5.93. The van der Waals surface area contributed by atoms with Crippen molar-refractivity contribution < 1.29 is 13.2 Å². The number of alkyl halides is 3. The highest BCUT2D eigenvalue weighted by Gasteiger charge is 2.31. The highest BCUT2D eigenvalue weighted by molar-refractivity contribution is 6.33. The van der Waals surface area contributed by atoms with Gasteiger partial charge < -0.3 is 5.32 Å². The van der Waals surface area contributed by atoms with E-state index in [2.05, 4.69) is 12.2 Å². The topological polar surface area (TPSA) is 12.0 Å². The van der Waals surface area contributed by atoms with Crippen LogP contribution in [0.5, 0.6) is 0 Å². The molecule has 1 saturated carbocycles. The van der Waals surface area contributed by atoms with Gasteiger partial charge in [-0.3, -0.25) is 0 Å². The fraction of sp³-hybridized carbons (Fsp3) is 0.571. The van der Waals surface area contributed by atoms with E-state index in [4.69, 9.17) is 11.6 Å². The summed E-state index contributed by atoms with van der Waals surface area (Å²) in [6, 6.07) is 3.78. The fourth-order valence-electron chi connectivity index (χ4n) is 2.59. The Morgan fingerprint density at radius 1 is 1.26 bits per heavy atom. The van der Waals surface area contributed by atoms with Gasteiger partial charge in [-0.2, -0.15) is 13.2 Å². The number of anilines is 1. The molecule has 0 spiro atoms. The maximum absolute atomic E-state index is 12.5. The molecule has 2 atom stereocenters. The van der Waals surface area contributed by atoms with Gasteiger partial charge in [0.25, 0.3) is 0 Å². The van der Waals surface area contributed by atoms with Gasteiger partial charge in [0.2, 0.25) is 0 Å². The number of nitrogens with one attached hydrogen (secondary N) is 1. The van der Waals surface area contributed by atoms with Crippen molar-refractivity contribution >= 4 is 17.3 Å². The molecule has 2 rings (SSSR count). The predicted octanol–water partition coefficient (Wildman–Crippen LogP) is 5.35. The molecule has 1 aliphatic rings. The largest absolute Gasteiger partial charge is 0.416 e. The molecule has 1 aromatic rings. The van der Waals surface area contributed by atoms with Crippen LogP contribution >= 0.6 is 11.6 Å². The van der Waals surface area contributed by atoms with Crippen molar-refractivity contribution in [1.29, 1.82) is 0 Å². The fourth-order valence-corrected chi connectivity index (χ4v) is 2.83. The summed E-state index contributed by atoms with van der Waals surface area (Å²) in [4.78, 5) is 0. The third kappa shape index (κ3) is 3.78. The zero-order valence-corrected chi connectivity index (χ0v) is 11.5. The van der Waals surface area contributed by atoms with Crippen LogP contribution in [0.2, 0.25) is 5.02 Å². The minimum atomic E-state index is -4.35. The standard InChI is InChI=1S/C14H17ClF3N/c1-9-3-2-4-11(7-9)19-13-6-5-10(8-12(13)15)14(16,17)18/h5-6,8-9,11,19H,2-4,7H2,1H3. The van der Waals surface area contributed by atoms with Crippen LogP contribution in [0.1, 0.15) is 38.2 Å². The van der Waals surface area contributed by atoms with Crippen molar-refractivity contribution in [3.05, 3.63) is 28.8 Å². The molecule has 106 valence electrons. The van der Waals surface area contributed by atoms with Crippen molar-refractivity contribution in [1.82, 2.24) is 0 Å². The lowest BCUT2D eigenvalue weighted by Gasteiger charge is -2.28. The molecule has 0 aromatic heterocycles. The first-order valence-electron chi connectivity index (χ1n) is 6.49. The van der Waals surface area contributed by atoms with Gasteiger partial charge in [0, 0.05) is 6.04 Å². The van der Waals surface area contributed by atoms with Gasteiger partial charge in [0.1, 0.15) is 0 Å². The van der Waals surface area contributed by atoms with Crippen molar-refractivity contribution in [3.63, 3.8) is 0 Å². The quantitative estimate of drug-likeness (QED) is 0.774. The second-order valence-electron chi connectivity index (χ2n) is 5.31. The second kappa shape index (κ2) is 5.61. The summed E-state index contributed by atoms with van der Waals surface area (Å²) in [5.74, 6) is 0.652. The van der Waals surface area contributed by atoms with Crippen LogP contribution in [0.25, 0.3) is 0 Å². The van der Waals surface area contributed by atoms with E-state index in [1.807, 2.05) is 0 Å². The molecule has 1 aliphatic carbocycles. The Kier molecular flexibility index (Phi) is 4.29. The highest BCUT2D eigenvalue weighted by Crippen LogP contribution is 2.35. The Balaban J connectivity index is 2.09. The zero-order chi connectivity index (χ0) is 14.0. The van der Waals surface area contributed by atoms with Crippen LogP contribution < -0.4 is 5.32 Å². The SMILES string of the molecule is CC1CCCC(Nc2ccc(C(F)(F)F)cc2Cl)C1. The maximum atomic E-state index is 12.5. The molecule has 0 bridgehead atoms. The lowest BCUT2D eigenvalue weighted by molar-refractivity contribution is -0.137. The van der Waals surface area contributed by atoms with E-state index in [0.717, 1.165) is 31.4 Å². The lowest BCUT2D eigenvalue weighted by atomic mass is 9.87. The van der Waals surface area contributed by atoms with Gasteiger partial charge in [0.15, 0.2) is 0 Å². The number of hydrogen-bond acceptors (Lipinski definition) is 1. The molecule has 1 N–H and O–H groups in total. The van der Waals surface area contributed by atoms with Crippen LogP contribution in [0.15, 0.2) is 18.2 Å². The zero-order valence-electron chi connectivity index (χ0n) is 10.7. The molecule has 19 heavy (non-hydrogen) atoms. The monoisotopic (exact) mass is 291 g/mol. The lowest BCUT2D eigenvalue weighted by Crippen LogP contribution is -2.26. The van der Waals surface area contributed by atoms with Crippen molar-refractivity contribution in [3.8, 4) is 0 Å². The molecule has 1 fully saturated rings. The molecule has 5 heteroatoms. The van der Waals surface area contributed by atoms with Crippen LogP contribution in [0.4, 0.5) is 18.9 Å². The minimum Gasteiger partial charge on any atom is -0.381 e. The third-order valence-corrected chi connectivity index (χ3v) is 3.91. The van der Waals surface area contributed by atoms with Crippen molar-refractivity contribution in [2.75, 3.05) is 5.32 Å². The summed E-state index contributed by atoms with van der Waals surface area (Å²) in [6.45, 7) is 2.20. The van der Waals surface area contributed by atoms with Gasteiger partial charge in [-0.05, 0) is 37.0 Å². The van der Waals surface area contributed by atoms with Crippen LogP contribution in [-0.4, -0.2) is 6.04 Å². The van der Waals surface area contributed by atoms with E-state index in [1.54, 1.807) is 0 Å². The summed E-state index contributed by atoms with van der Waals surface area (Å²) < 4.78 is 37.6. The summed E-state index contributed by atoms with van der Waals surface area (Å²) in [7, 11) is 0. The number of hydrogen-bond donors (Lipinski definition) is 1. The molecular formula is C14H17ClF3N. The van der Waals surface area contributed by atoms with Gasteiger partial charge in [0.05, 0.1) is 16.3 Å². The van der Waals surface area contributed by atoms with Crippen LogP contribution in [0.3, 0.4) is 0 Å². The van der Waals surface area contributed by atoms with Gasteiger partial charge in [-0.25, -0.2) is 0 Å². The normalized spacial score (nSPS) is 24.3. The molecular weight excluding hydrogens is 275 g/mol. The Bertz CT molecular complexity index is 445. The van der Waals surface area contributed by atoms with E-state index in [1.165, 1.54) is 12.5 Å². The van der Waals surface area contributed by atoms with Gasteiger partial charge in [-0.15, -0.1) is 0 Å². The first-order valence-corrected chi connectivity index (χ1v) is 6.87. The van der Waals surface area contributed by atoms with Crippen LogP contribution in [0, 0.1) is 5.92 Å². The number of halogens is 4. The average molecular weight is 292 g/mol. The Morgan fingerprint density at radius 2 is 2.00 bits per heavy atom. The van der Waals surface area contributed by atoms with Crippen molar-refractivity contribution in [2.45, 2.75) is 44.8 Å². The molecule has 0 saturated heterocycles. The van der Waals surface area contributed by atoms with E-state index in [-0.39, 0.29) is 5.02 Å². The van der Waals surface area contributed by atoms with Gasteiger partial charge >= 0.3 is 6.18 Å². The average Bonchev–Trinajstić information content (AvgIpc) is 2.30. The van der Waals surface area contributed by atoms with E-state index in [0.29, 0.717) is 17.6 Å². The Labute approximate surface area is 116 Å². The number of benzene rings is 1. The van der Waals surface area contributed by atoms with E-state index >= 15 is 0 Å². The van der Waals surface area contributed by atoms with Crippen molar-refractivity contribution in [2.24, 2.45) is 5.92 Å². The van der Waals surface area contributed by atoms with Gasteiger partial charge in [-0.1, -0.05) is 31.4 Å². The summed E-state index contributed by atoms with van der Waals surface area (Å²) in [5.41, 5.74) is -0.117. The van der Waals surface area contributed by atoms with E-state index in [9.17, 15) is 13.2 Å². The molecule has 0 aliphatic heterocycles. The molecule has 0 radical (unpaired) electrons. The summed E-state index contributed by atoms with van der Waals surface area (Å²) in [6.07, 6.45) is 0.108. The summed E-state index contributed by atoms with van der Waals surface area (Å²) in [5, 5.41) is 3.39. The Morgan fingerprint density at radius 3 is 2.58 bits per heavy atom. The third-order valence-electron chi connectivity index (χ3n) is 3.59. The maximum Gasteiger partial charge on any atom is 0.416 e. The molecule has 0 heterocycles. The highest BCUT2D eigenvalue weighted by atomic mass is 35.5. The first-order chi connectivity index (χ1) is 8.86. The number of rotatable bonds is 2. The van der Waals surface area contributed by atoms with E-state index < -0.39 is 11.7 Å². The smallest absolute Gasteiger partial charge is 0.381 e. The molecule has 1 nitrogen and oxygen atoms in total.